The zero-order valence-electron chi connectivity index (χ0n) is 22.9. The predicted octanol–water partition coefficient (Wildman–Crippen LogP) is 3.31. The average molecular weight is 580 g/mol. The van der Waals surface area contributed by atoms with Crippen molar-refractivity contribution in [3.8, 4) is 5.75 Å². The van der Waals surface area contributed by atoms with Crippen molar-refractivity contribution in [1.29, 1.82) is 0 Å². The molecule has 4 N–H and O–H groups in total. The summed E-state index contributed by atoms with van der Waals surface area (Å²) in [5, 5.41) is 11.3. The number of rotatable bonds is 12. The number of hydrogen-bond donors (Lipinski definition) is 3. The number of hydrogen-bond acceptors (Lipinski definition) is 7. The van der Waals surface area contributed by atoms with Gasteiger partial charge in [0.2, 0.25) is 0 Å². The van der Waals surface area contributed by atoms with Crippen molar-refractivity contribution in [2.45, 2.75) is 42.0 Å². The molecule has 2 unspecified atom stereocenters. The smallest absolute Gasteiger partial charge is 0.318 e. The fourth-order valence-electron chi connectivity index (χ4n) is 4.94. The fourth-order valence-corrected chi connectivity index (χ4v) is 6.31. The highest BCUT2D eigenvalue weighted by molar-refractivity contribution is 7.92. The molecule has 218 valence electrons. The first-order valence-electron chi connectivity index (χ1n) is 13.8. The van der Waals surface area contributed by atoms with Gasteiger partial charge in [0.1, 0.15) is 11.1 Å². The van der Waals surface area contributed by atoms with Crippen LogP contribution in [-0.2, 0) is 32.2 Å². The molecule has 0 spiro atoms. The van der Waals surface area contributed by atoms with Crippen molar-refractivity contribution < 1.29 is 27.9 Å². The summed E-state index contributed by atoms with van der Waals surface area (Å²) in [4.78, 5) is 29.1. The van der Waals surface area contributed by atoms with Gasteiger partial charge in [-0.15, -0.1) is 0 Å². The first kappa shape index (κ1) is 30.2. The van der Waals surface area contributed by atoms with Crippen LogP contribution in [0.5, 0.6) is 5.75 Å². The zero-order valence-corrected chi connectivity index (χ0v) is 23.7. The molecule has 1 heterocycles. The van der Waals surface area contributed by atoms with Crippen molar-refractivity contribution in [2.24, 2.45) is 11.7 Å². The van der Waals surface area contributed by atoms with Gasteiger partial charge in [0.25, 0.3) is 0 Å². The summed E-state index contributed by atoms with van der Waals surface area (Å²) in [6.07, 6.45) is 0.985. The summed E-state index contributed by atoms with van der Waals surface area (Å²) in [6.45, 7) is 1.64. The molecule has 1 aliphatic heterocycles. The number of urea groups is 1. The number of ether oxygens (including phenoxy) is 1. The lowest BCUT2D eigenvalue weighted by atomic mass is 9.87. The van der Waals surface area contributed by atoms with E-state index in [0.717, 1.165) is 11.1 Å². The summed E-state index contributed by atoms with van der Waals surface area (Å²) in [5.74, 6) is -0.933. The molecule has 3 atom stereocenters. The first-order chi connectivity index (χ1) is 19.7. The molecule has 9 nitrogen and oxygen atoms in total. The number of carbonyl (C=O) groups is 2. The highest BCUT2D eigenvalue weighted by Crippen LogP contribution is 2.24. The molecule has 0 aromatic heterocycles. The van der Waals surface area contributed by atoms with E-state index in [2.05, 4.69) is 5.32 Å². The van der Waals surface area contributed by atoms with Crippen LogP contribution in [0.25, 0.3) is 0 Å². The second-order valence-electron chi connectivity index (χ2n) is 10.2. The van der Waals surface area contributed by atoms with E-state index in [1.165, 1.54) is 24.3 Å². The van der Waals surface area contributed by atoms with Gasteiger partial charge in [-0.05, 0) is 61.1 Å². The van der Waals surface area contributed by atoms with Crippen molar-refractivity contribution in [3.63, 3.8) is 0 Å². The van der Waals surface area contributed by atoms with Crippen molar-refractivity contribution in [3.05, 3.63) is 96.1 Å². The number of carbonyl (C=O) groups excluding carboxylic acids is 2. The lowest BCUT2D eigenvalue weighted by Gasteiger charge is -2.30. The lowest BCUT2D eigenvalue weighted by molar-refractivity contribution is -0.125. The van der Waals surface area contributed by atoms with Crippen LogP contribution < -0.4 is 11.1 Å². The Morgan fingerprint density at radius 1 is 0.902 bits per heavy atom. The SMILES string of the molecule is N[C@H](CC(CCc1ccccc1)C(=O)C(Cc1ccc(O)cc1)NC(=O)N1CCOCC1)S(=O)(=O)c1ccccc1. The van der Waals surface area contributed by atoms with Crippen LogP contribution in [0.2, 0.25) is 0 Å². The largest absolute Gasteiger partial charge is 0.508 e. The van der Waals surface area contributed by atoms with E-state index >= 15 is 0 Å². The van der Waals surface area contributed by atoms with Crippen LogP contribution in [0.1, 0.15) is 24.0 Å². The molecule has 41 heavy (non-hydrogen) atoms. The quantitative estimate of drug-likeness (QED) is 0.299. The minimum absolute atomic E-state index is 0.0896. The molecule has 1 fully saturated rings. The Kier molecular flexibility index (Phi) is 10.5. The van der Waals surface area contributed by atoms with E-state index < -0.39 is 27.2 Å². The summed E-state index contributed by atoms with van der Waals surface area (Å²) in [7, 11) is -3.89. The molecular formula is C31H37N3O6S. The number of nitrogens with one attached hydrogen (secondary N) is 1. The Balaban J connectivity index is 1.60. The van der Waals surface area contributed by atoms with E-state index in [4.69, 9.17) is 10.5 Å². The van der Waals surface area contributed by atoms with Gasteiger partial charge in [-0.3, -0.25) is 4.79 Å². The molecule has 0 bridgehead atoms. The maximum atomic E-state index is 14.2. The zero-order chi connectivity index (χ0) is 29.2. The number of phenols is 1. The van der Waals surface area contributed by atoms with Gasteiger partial charge < -0.3 is 25.8 Å². The van der Waals surface area contributed by atoms with Gasteiger partial charge in [0.05, 0.1) is 24.2 Å². The third kappa shape index (κ3) is 8.39. The Bertz CT molecular complexity index is 1380. The molecule has 3 aromatic carbocycles. The number of benzene rings is 3. The van der Waals surface area contributed by atoms with Crippen molar-refractivity contribution >= 4 is 21.7 Å². The molecule has 0 aliphatic carbocycles. The van der Waals surface area contributed by atoms with Crippen LogP contribution in [0.15, 0.2) is 89.8 Å². The topological polar surface area (TPSA) is 139 Å². The Labute approximate surface area is 241 Å². The molecule has 1 saturated heterocycles. The number of nitrogens with two attached hydrogens (primary N) is 1. The molecular weight excluding hydrogens is 542 g/mol. The molecule has 1 aliphatic rings. The molecule has 10 heteroatoms. The number of morpholine rings is 1. The normalized spacial score (nSPS) is 16.0. The number of phenolic OH excluding ortho intramolecular Hbond substituents is 1. The van der Waals surface area contributed by atoms with Gasteiger partial charge in [0.15, 0.2) is 15.6 Å². The van der Waals surface area contributed by atoms with Gasteiger partial charge >= 0.3 is 6.03 Å². The van der Waals surface area contributed by atoms with Gasteiger partial charge in [-0.2, -0.15) is 0 Å². The Morgan fingerprint density at radius 2 is 1.51 bits per heavy atom. The third-order valence-corrected chi connectivity index (χ3v) is 9.25. The maximum absolute atomic E-state index is 14.2. The monoisotopic (exact) mass is 579 g/mol. The highest BCUT2D eigenvalue weighted by atomic mass is 32.2. The number of aryl methyl sites for hydroxylation is 1. The highest BCUT2D eigenvalue weighted by Gasteiger charge is 2.34. The standard InChI is InChI=1S/C31H37N3O6S/c32-29(41(38,39)27-9-5-2-6-10-27)22-25(14-11-23-7-3-1-4-8-23)30(36)28(21-24-12-15-26(35)16-13-24)33-31(37)34-17-19-40-20-18-34/h1-10,12-13,15-16,25,28-29,35H,11,14,17-22,32H2,(H,33,37)/t25?,28?,29-/m0/s1. The molecule has 2 amide bonds. The summed E-state index contributed by atoms with van der Waals surface area (Å²) in [6, 6.07) is 22.7. The predicted molar refractivity (Wildman–Crippen MR) is 156 cm³/mol. The second kappa shape index (κ2) is 14.2. The third-order valence-electron chi connectivity index (χ3n) is 7.33. The number of nitrogens with zero attached hydrogens (tertiary/aromatic N) is 1. The average Bonchev–Trinajstić information content (AvgIpc) is 3.00. The van der Waals surface area contributed by atoms with Crippen LogP contribution in [0, 0.1) is 5.92 Å². The van der Waals surface area contributed by atoms with Gasteiger partial charge in [-0.25, -0.2) is 13.2 Å². The summed E-state index contributed by atoms with van der Waals surface area (Å²) < 4.78 is 31.9. The number of Topliss-reactive ketones (excluding diaryl/α,β-unsaturated/α-hetero) is 1. The van der Waals surface area contributed by atoms with Crippen LogP contribution in [0.3, 0.4) is 0 Å². The van der Waals surface area contributed by atoms with E-state index in [9.17, 15) is 23.1 Å². The first-order valence-corrected chi connectivity index (χ1v) is 15.3. The number of sulfone groups is 1. The van der Waals surface area contributed by atoms with E-state index in [1.54, 1.807) is 35.2 Å². The second-order valence-corrected chi connectivity index (χ2v) is 12.4. The fraction of sp³-hybridized carbons (Fsp3) is 0.355. The van der Waals surface area contributed by atoms with Crippen molar-refractivity contribution in [1.82, 2.24) is 10.2 Å². The summed E-state index contributed by atoms with van der Waals surface area (Å²) >= 11 is 0. The van der Waals surface area contributed by atoms with E-state index in [0.29, 0.717) is 39.1 Å². The molecule has 4 rings (SSSR count). The Hall–Kier alpha value is -3.73. The maximum Gasteiger partial charge on any atom is 0.318 e. The minimum atomic E-state index is -3.89. The summed E-state index contributed by atoms with van der Waals surface area (Å²) in [5.41, 5.74) is 8.05. The van der Waals surface area contributed by atoms with Crippen LogP contribution in [0.4, 0.5) is 4.79 Å². The van der Waals surface area contributed by atoms with Crippen LogP contribution in [-0.4, -0.2) is 68.0 Å². The number of aromatic hydroxyl groups is 1. The molecule has 0 saturated carbocycles. The molecule has 3 aromatic rings. The number of ketones is 1. The van der Waals surface area contributed by atoms with Gasteiger partial charge in [-0.1, -0.05) is 60.7 Å². The van der Waals surface area contributed by atoms with Crippen molar-refractivity contribution in [2.75, 3.05) is 26.3 Å². The lowest BCUT2D eigenvalue weighted by Crippen LogP contribution is -2.53. The van der Waals surface area contributed by atoms with E-state index in [1.807, 2.05) is 30.3 Å². The number of amides is 2. The van der Waals surface area contributed by atoms with E-state index in [-0.39, 0.29) is 35.3 Å². The van der Waals surface area contributed by atoms with Crippen LogP contribution >= 0.6 is 0 Å². The molecule has 0 radical (unpaired) electrons. The minimum Gasteiger partial charge on any atom is -0.508 e. The Morgan fingerprint density at radius 3 is 2.15 bits per heavy atom. The van der Waals surface area contributed by atoms with Gasteiger partial charge in [0, 0.05) is 19.0 Å².